The molecular formula is C14H22N4O2. The summed E-state index contributed by atoms with van der Waals surface area (Å²) in [6.07, 6.45) is 1.77. The highest BCUT2D eigenvalue weighted by atomic mass is 16.5. The number of nitrogen functional groups attached to an aromatic ring is 1. The summed E-state index contributed by atoms with van der Waals surface area (Å²) in [4.78, 5) is 20.4. The van der Waals surface area contributed by atoms with E-state index < -0.39 is 5.60 Å². The van der Waals surface area contributed by atoms with Crippen molar-refractivity contribution in [3.63, 3.8) is 0 Å². The Kier molecular flexibility index (Phi) is 4.13. The summed E-state index contributed by atoms with van der Waals surface area (Å²) in [7, 11) is 1.56. The number of nitrogens with zero attached hydrogens (tertiary/aromatic N) is 3. The van der Waals surface area contributed by atoms with Gasteiger partial charge in [-0.2, -0.15) is 0 Å². The number of piperazine rings is 1. The third kappa shape index (κ3) is 3.01. The summed E-state index contributed by atoms with van der Waals surface area (Å²) in [5, 5.41) is 0. The number of hydrogen-bond acceptors (Lipinski definition) is 5. The molecule has 1 aromatic rings. The first-order valence-electron chi connectivity index (χ1n) is 6.75. The quantitative estimate of drug-likeness (QED) is 0.883. The average molecular weight is 278 g/mol. The molecule has 20 heavy (non-hydrogen) atoms. The van der Waals surface area contributed by atoms with Gasteiger partial charge in [0.15, 0.2) is 0 Å². The number of amides is 1. The van der Waals surface area contributed by atoms with E-state index in [9.17, 15) is 4.79 Å². The van der Waals surface area contributed by atoms with E-state index in [0.29, 0.717) is 18.9 Å². The zero-order chi connectivity index (χ0) is 14.8. The number of ether oxygens (including phenoxy) is 1. The van der Waals surface area contributed by atoms with Gasteiger partial charge in [-0.05, 0) is 26.0 Å². The van der Waals surface area contributed by atoms with Crippen molar-refractivity contribution >= 4 is 17.4 Å². The van der Waals surface area contributed by atoms with Gasteiger partial charge in [0.25, 0.3) is 5.91 Å². The van der Waals surface area contributed by atoms with E-state index in [4.69, 9.17) is 10.5 Å². The first-order valence-corrected chi connectivity index (χ1v) is 6.75. The van der Waals surface area contributed by atoms with E-state index in [1.165, 1.54) is 0 Å². The topological polar surface area (TPSA) is 71.7 Å². The molecule has 0 spiro atoms. The van der Waals surface area contributed by atoms with E-state index in [2.05, 4.69) is 9.88 Å². The Hall–Kier alpha value is -1.82. The van der Waals surface area contributed by atoms with Gasteiger partial charge in [0.05, 0.1) is 11.9 Å². The molecule has 110 valence electrons. The Morgan fingerprint density at radius 1 is 1.30 bits per heavy atom. The minimum absolute atomic E-state index is 0.0371. The second-order valence-corrected chi connectivity index (χ2v) is 5.43. The summed E-state index contributed by atoms with van der Waals surface area (Å²) < 4.78 is 5.25. The lowest BCUT2D eigenvalue weighted by Crippen LogP contribution is -2.54. The molecule has 6 nitrogen and oxygen atoms in total. The van der Waals surface area contributed by atoms with Crippen LogP contribution < -0.4 is 10.6 Å². The van der Waals surface area contributed by atoms with E-state index in [0.717, 1.165) is 18.8 Å². The molecule has 0 atom stereocenters. The summed E-state index contributed by atoms with van der Waals surface area (Å²) in [5.74, 6) is 0.555. The highest BCUT2D eigenvalue weighted by molar-refractivity contribution is 5.84. The van der Waals surface area contributed by atoms with Crippen LogP contribution in [0.2, 0.25) is 0 Å². The van der Waals surface area contributed by atoms with Crippen LogP contribution in [0.15, 0.2) is 18.3 Å². The van der Waals surface area contributed by atoms with Crippen molar-refractivity contribution in [2.75, 3.05) is 43.9 Å². The Morgan fingerprint density at radius 3 is 2.45 bits per heavy atom. The number of carbonyl (C=O) groups excluding carboxylic acids is 1. The molecule has 1 saturated heterocycles. The Morgan fingerprint density at radius 2 is 1.95 bits per heavy atom. The molecule has 1 aliphatic rings. The fourth-order valence-electron chi connectivity index (χ4n) is 2.22. The summed E-state index contributed by atoms with van der Waals surface area (Å²) in [6, 6.07) is 3.75. The number of pyridine rings is 1. The maximum absolute atomic E-state index is 12.3. The maximum atomic E-state index is 12.3. The Bertz CT molecular complexity index is 465. The van der Waals surface area contributed by atoms with Gasteiger partial charge < -0.3 is 20.3 Å². The van der Waals surface area contributed by atoms with Crippen molar-refractivity contribution in [3.05, 3.63) is 18.3 Å². The smallest absolute Gasteiger partial charge is 0.254 e. The normalized spacial score (nSPS) is 16.4. The van der Waals surface area contributed by atoms with E-state index in [1.54, 1.807) is 33.2 Å². The molecule has 2 N–H and O–H groups in total. The maximum Gasteiger partial charge on any atom is 0.254 e. The minimum Gasteiger partial charge on any atom is -0.384 e. The van der Waals surface area contributed by atoms with Crippen molar-refractivity contribution in [2.45, 2.75) is 19.4 Å². The van der Waals surface area contributed by atoms with Gasteiger partial charge in [0.1, 0.15) is 11.4 Å². The van der Waals surface area contributed by atoms with Crippen molar-refractivity contribution in [3.8, 4) is 0 Å². The molecule has 0 aromatic carbocycles. The molecule has 0 radical (unpaired) electrons. The highest BCUT2D eigenvalue weighted by Crippen LogP contribution is 2.19. The zero-order valence-corrected chi connectivity index (χ0v) is 12.3. The van der Waals surface area contributed by atoms with E-state index in [1.807, 2.05) is 11.0 Å². The molecular weight excluding hydrogens is 256 g/mol. The van der Waals surface area contributed by atoms with E-state index >= 15 is 0 Å². The highest BCUT2D eigenvalue weighted by Gasteiger charge is 2.33. The van der Waals surface area contributed by atoms with Gasteiger partial charge in [-0.15, -0.1) is 0 Å². The van der Waals surface area contributed by atoms with Crippen molar-refractivity contribution in [1.82, 2.24) is 9.88 Å². The molecule has 1 aliphatic heterocycles. The molecule has 0 unspecified atom stereocenters. The monoisotopic (exact) mass is 278 g/mol. The van der Waals surface area contributed by atoms with Gasteiger partial charge >= 0.3 is 0 Å². The van der Waals surface area contributed by atoms with Crippen LogP contribution >= 0.6 is 0 Å². The van der Waals surface area contributed by atoms with Gasteiger partial charge in [0, 0.05) is 33.3 Å². The van der Waals surface area contributed by atoms with Crippen molar-refractivity contribution in [2.24, 2.45) is 0 Å². The van der Waals surface area contributed by atoms with Crippen LogP contribution in [0.25, 0.3) is 0 Å². The van der Waals surface area contributed by atoms with Crippen LogP contribution in [0.5, 0.6) is 0 Å². The Balaban J connectivity index is 1.96. The third-order valence-corrected chi connectivity index (χ3v) is 3.73. The lowest BCUT2D eigenvalue weighted by Gasteiger charge is -2.38. The van der Waals surface area contributed by atoms with Crippen LogP contribution in [0.3, 0.4) is 0 Å². The third-order valence-electron chi connectivity index (χ3n) is 3.73. The molecule has 0 aliphatic carbocycles. The number of nitrogens with two attached hydrogens (primary N) is 1. The van der Waals surface area contributed by atoms with Gasteiger partial charge in [-0.1, -0.05) is 0 Å². The number of methoxy groups -OCH3 is 1. The molecule has 1 fully saturated rings. The van der Waals surface area contributed by atoms with Crippen molar-refractivity contribution < 1.29 is 9.53 Å². The van der Waals surface area contributed by atoms with Crippen molar-refractivity contribution in [1.29, 1.82) is 0 Å². The molecule has 0 saturated carbocycles. The number of aromatic nitrogens is 1. The average Bonchev–Trinajstić information content (AvgIpc) is 2.47. The summed E-state index contributed by atoms with van der Waals surface area (Å²) in [6.45, 7) is 6.55. The predicted molar refractivity (Wildman–Crippen MR) is 78.5 cm³/mol. The van der Waals surface area contributed by atoms with Crippen LogP contribution in [-0.2, 0) is 9.53 Å². The fraction of sp³-hybridized carbons (Fsp3) is 0.571. The lowest BCUT2D eigenvalue weighted by atomic mass is 10.1. The molecule has 1 aromatic heterocycles. The van der Waals surface area contributed by atoms with Gasteiger partial charge in [-0.3, -0.25) is 4.79 Å². The van der Waals surface area contributed by atoms with Crippen LogP contribution in [0.1, 0.15) is 13.8 Å². The van der Waals surface area contributed by atoms with Gasteiger partial charge in [-0.25, -0.2) is 4.98 Å². The largest absolute Gasteiger partial charge is 0.384 e. The number of rotatable bonds is 3. The van der Waals surface area contributed by atoms with Crippen LogP contribution in [0, 0.1) is 0 Å². The van der Waals surface area contributed by atoms with Crippen LogP contribution in [0.4, 0.5) is 11.5 Å². The number of anilines is 2. The first kappa shape index (κ1) is 14.6. The standard InChI is InChI=1S/C14H22N4O2/c1-14(2,20-3)13(19)18-8-6-17(7-9-18)11-4-5-12(15)16-10-11/h4-5,10H,6-9H2,1-3H3,(H2,15,16). The minimum atomic E-state index is -0.759. The Labute approximate surface area is 119 Å². The summed E-state index contributed by atoms with van der Waals surface area (Å²) >= 11 is 0. The number of carbonyl (C=O) groups is 1. The van der Waals surface area contributed by atoms with Gasteiger partial charge in [0.2, 0.25) is 0 Å². The molecule has 1 amide bonds. The fourth-order valence-corrected chi connectivity index (χ4v) is 2.22. The SMILES string of the molecule is COC(C)(C)C(=O)N1CCN(c2ccc(N)nc2)CC1. The molecule has 2 rings (SSSR count). The second-order valence-electron chi connectivity index (χ2n) is 5.43. The number of hydrogen-bond donors (Lipinski definition) is 1. The lowest BCUT2D eigenvalue weighted by molar-refractivity contribution is -0.151. The molecule has 0 bridgehead atoms. The first-order chi connectivity index (χ1) is 9.44. The summed E-state index contributed by atoms with van der Waals surface area (Å²) in [5.41, 5.74) is 5.86. The predicted octanol–water partition coefficient (Wildman–Crippen LogP) is 0.737. The molecule has 6 heteroatoms. The molecule has 2 heterocycles. The van der Waals surface area contributed by atoms with Crippen LogP contribution in [-0.4, -0.2) is 54.7 Å². The zero-order valence-electron chi connectivity index (χ0n) is 12.3. The van der Waals surface area contributed by atoms with E-state index in [-0.39, 0.29) is 5.91 Å². The second kappa shape index (κ2) is 5.66.